The molecule has 0 heterocycles. The molecule has 0 aromatic rings. The van der Waals surface area contributed by atoms with Crippen LogP contribution < -0.4 is 0 Å². The second-order valence-corrected chi connectivity index (χ2v) is 1.78. The van der Waals surface area contributed by atoms with Crippen molar-refractivity contribution in [2.45, 2.75) is 13.8 Å². The van der Waals surface area contributed by atoms with Crippen LogP contribution >= 0.6 is 0 Å². The number of rotatable bonds is 3. The van der Waals surface area contributed by atoms with Crippen LogP contribution in [0.2, 0.25) is 0 Å². The molecule has 0 aromatic heterocycles. The van der Waals surface area contributed by atoms with Crippen molar-refractivity contribution in [3.05, 3.63) is 36.1 Å². The molecule has 0 aliphatic carbocycles. The van der Waals surface area contributed by atoms with E-state index in [1.165, 1.54) is 0 Å². The highest BCUT2D eigenvalue weighted by Gasteiger charge is 1.80. The van der Waals surface area contributed by atoms with Crippen molar-refractivity contribution in [3.8, 4) is 0 Å². The SMILES string of the molecule is C\C=C/C=C\C(=C/C)OC. The smallest absolute Gasteiger partial charge is 0.114 e. The minimum absolute atomic E-state index is 0.887. The Morgan fingerprint density at radius 2 is 1.90 bits per heavy atom. The monoisotopic (exact) mass is 138 g/mol. The van der Waals surface area contributed by atoms with Gasteiger partial charge >= 0.3 is 0 Å². The third-order valence-electron chi connectivity index (χ3n) is 1.08. The third kappa shape index (κ3) is 3.96. The Labute approximate surface area is 62.7 Å². The Kier molecular flexibility index (Phi) is 5.54. The largest absolute Gasteiger partial charge is 0.497 e. The molecule has 0 N–H and O–H groups in total. The first-order chi connectivity index (χ1) is 4.85. The molecule has 1 heteroatoms. The van der Waals surface area contributed by atoms with Crippen LogP contribution in [0, 0.1) is 0 Å². The third-order valence-corrected chi connectivity index (χ3v) is 1.08. The lowest BCUT2D eigenvalue weighted by molar-refractivity contribution is 0.306. The predicted molar refractivity (Wildman–Crippen MR) is 44.7 cm³/mol. The first kappa shape index (κ1) is 9.02. The maximum atomic E-state index is 4.99. The molecule has 0 spiro atoms. The first-order valence-corrected chi connectivity index (χ1v) is 3.34. The van der Waals surface area contributed by atoms with Crippen LogP contribution in [0.5, 0.6) is 0 Å². The number of hydrogen-bond donors (Lipinski definition) is 0. The van der Waals surface area contributed by atoms with Gasteiger partial charge in [0.2, 0.25) is 0 Å². The highest BCUT2D eigenvalue weighted by Crippen LogP contribution is 1.96. The maximum Gasteiger partial charge on any atom is 0.114 e. The lowest BCUT2D eigenvalue weighted by Crippen LogP contribution is -1.78. The molecule has 0 bridgehead atoms. The Hall–Kier alpha value is -0.980. The van der Waals surface area contributed by atoms with Crippen LogP contribution in [-0.4, -0.2) is 7.11 Å². The summed E-state index contributed by atoms with van der Waals surface area (Å²) >= 11 is 0. The van der Waals surface area contributed by atoms with Gasteiger partial charge in [-0.3, -0.25) is 0 Å². The van der Waals surface area contributed by atoms with Crippen molar-refractivity contribution < 1.29 is 4.74 Å². The van der Waals surface area contributed by atoms with Crippen LogP contribution in [0.4, 0.5) is 0 Å². The fourth-order valence-corrected chi connectivity index (χ4v) is 0.544. The molecule has 0 radical (unpaired) electrons. The molecule has 0 fully saturated rings. The van der Waals surface area contributed by atoms with Gasteiger partial charge in [-0.1, -0.05) is 18.2 Å². The summed E-state index contributed by atoms with van der Waals surface area (Å²) in [5.41, 5.74) is 0. The summed E-state index contributed by atoms with van der Waals surface area (Å²) in [5.74, 6) is 0.887. The summed E-state index contributed by atoms with van der Waals surface area (Å²) in [5, 5.41) is 0. The van der Waals surface area contributed by atoms with Gasteiger partial charge in [0.15, 0.2) is 0 Å². The van der Waals surface area contributed by atoms with E-state index in [0.717, 1.165) is 5.76 Å². The van der Waals surface area contributed by atoms with Crippen molar-refractivity contribution in [1.82, 2.24) is 0 Å². The normalized spacial score (nSPS) is 13.3. The van der Waals surface area contributed by atoms with Crippen LogP contribution in [0.15, 0.2) is 36.1 Å². The van der Waals surface area contributed by atoms with Gasteiger partial charge in [0.25, 0.3) is 0 Å². The van der Waals surface area contributed by atoms with Crippen molar-refractivity contribution in [1.29, 1.82) is 0 Å². The summed E-state index contributed by atoms with van der Waals surface area (Å²) in [7, 11) is 1.66. The van der Waals surface area contributed by atoms with Crippen LogP contribution in [0.1, 0.15) is 13.8 Å². The molecule has 0 aliphatic heterocycles. The van der Waals surface area contributed by atoms with Crippen molar-refractivity contribution in [3.63, 3.8) is 0 Å². The lowest BCUT2D eigenvalue weighted by Gasteiger charge is -1.95. The molecule has 0 atom stereocenters. The van der Waals surface area contributed by atoms with Crippen LogP contribution in [0.3, 0.4) is 0 Å². The predicted octanol–water partition coefficient (Wildman–Crippen LogP) is 2.67. The zero-order chi connectivity index (χ0) is 7.82. The summed E-state index contributed by atoms with van der Waals surface area (Å²) in [6.07, 6.45) is 9.71. The topological polar surface area (TPSA) is 9.23 Å². The van der Waals surface area contributed by atoms with E-state index < -0.39 is 0 Å². The van der Waals surface area contributed by atoms with E-state index in [0.29, 0.717) is 0 Å². The molecule has 0 aliphatic rings. The number of allylic oxidation sites excluding steroid dienone is 5. The molecule has 0 saturated carbocycles. The van der Waals surface area contributed by atoms with Crippen LogP contribution in [0.25, 0.3) is 0 Å². The van der Waals surface area contributed by atoms with Gasteiger partial charge in [-0.05, 0) is 26.0 Å². The molecule has 1 nitrogen and oxygen atoms in total. The maximum absolute atomic E-state index is 4.99. The summed E-state index contributed by atoms with van der Waals surface area (Å²) in [6, 6.07) is 0. The molecular weight excluding hydrogens is 124 g/mol. The standard InChI is InChI=1S/C9H14O/c1-4-6-7-8-9(5-2)10-3/h4-8H,1-3H3/b6-4-,8-7-,9-5+. The second-order valence-electron chi connectivity index (χ2n) is 1.78. The van der Waals surface area contributed by atoms with E-state index >= 15 is 0 Å². The van der Waals surface area contributed by atoms with Crippen molar-refractivity contribution in [2.75, 3.05) is 7.11 Å². The zero-order valence-electron chi connectivity index (χ0n) is 6.79. The van der Waals surface area contributed by atoms with Gasteiger partial charge in [0, 0.05) is 0 Å². The average molecular weight is 138 g/mol. The summed E-state index contributed by atoms with van der Waals surface area (Å²) < 4.78 is 4.99. The highest BCUT2D eigenvalue weighted by molar-refractivity contribution is 5.15. The van der Waals surface area contributed by atoms with Gasteiger partial charge in [-0.15, -0.1) is 0 Å². The molecule has 0 aromatic carbocycles. The molecule has 10 heavy (non-hydrogen) atoms. The van der Waals surface area contributed by atoms with E-state index in [-0.39, 0.29) is 0 Å². The van der Waals surface area contributed by atoms with Gasteiger partial charge in [0.1, 0.15) is 5.76 Å². The fraction of sp³-hybridized carbons (Fsp3) is 0.333. The van der Waals surface area contributed by atoms with Gasteiger partial charge in [0.05, 0.1) is 7.11 Å². The fourth-order valence-electron chi connectivity index (χ4n) is 0.544. The van der Waals surface area contributed by atoms with E-state index in [1.807, 2.05) is 44.2 Å². The van der Waals surface area contributed by atoms with Gasteiger partial charge < -0.3 is 4.74 Å². The molecular formula is C9H14O. The molecule has 0 saturated heterocycles. The van der Waals surface area contributed by atoms with Crippen molar-refractivity contribution in [2.24, 2.45) is 0 Å². The van der Waals surface area contributed by atoms with E-state index in [9.17, 15) is 0 Å². The number of methoxy groups -OCH3 is 1. The van der Waals surface area contributed by atoms with Crippen LogP contribution in [-0.2, 0) is 4.74 Å². The Balaban J connectivity index is 3.85. The number of ether oxygens (including phenoxy) is 1. The Morgan fingerprint density at radius 3 is 2.30 bits per heavy atom. The average Bonchev–Trinajstić information content (AvgIpc) is 1.99. The number of hydrogen-bond acceptors (Lipinski definition) is 1. The second kappa shape index (κ2) is 6.14. The lowest BCUT2D eigenvalue weighted by atomic mass is 10.4. The first-order valence-electron chi connectivity index (χ1n) is 3.34. The quantitative estimate of drug-likeness (QED) is 0.430. The molecule has 0 unspecified atom stereocenters. The molecule has 0 amide bonds. The van der Waals surface area contributed by atoms with Crippen molar-refractivity contribution >= 4 is 0 Å². The Morgan fingerprint density at radius 1 is 1.20 bits per heavy atom. The summed E-state index contributed by atoms with van der Waals surface area (Å²) in [6.45, 7) is 3.92. The minimum atomic E-state index is 0.887. The zero-order valence-corrected chi connectivity index (χ0v) is 6.79. The molecule has 0 rings (SSSR count). The Bertz CT molecular complexity index is 152. The van der Waals surface area contributed by atoms with Gasteiger partial charge in [-0.2, -0.15) is 0 Å². The highest BCUT2D eigenvalue weighted by atomic mass is 16.5. The van der Waals surface area contributed by atoms with Gasteiger partial charge in [-0.25, -0.2) is 0 Å². The van der Waals surface area contributed by atoms with E-state index in [4.69, 9.17) is 4.74 Å². The van der Waals surface area contributed by atoms with E-state index in [2.05, 4.69) is 0 Å². The van der Waals surface area contributed by atoms with E-state index in [1.54, 1.807) is 7.11 Å². The molecule has 56 valence electrons. The summed E-state index contributed by atoms with van der Waals surface area (Å²) in [4.78, 5) is 0. The minimum Gasteiger partial charge on any atom is -0.497 e.